The Bertz CT molecular complexity index is 379. The first-order valence-corrected chi connectivity index (χ1v) is 7.92. The maximum absolute atomic E-state index is 3.37. The molecule has 0 saturated carbocycles. The van der Waals surface area contributed by atoms with Gasteiger partial charge in [-0.1, -0.05) is 19.1 Å². The summed E-state index contributed by atoms with van der Waals surface area (Å²) in [5.41, 5.74) is 3.01. The Kier molecular flexibility index (Phi) is 5.54. The van der Waals surface area contributed by atoms with Gasteiger partial charge in [0.25, 0.3) is 0 Å². The smallest absolute Gasteiger partial charge is 0.0231 e. The van der Waals surface area contributed by atoms with Crippen molar-refractivity contribution in [2.24, 2.45) is 0 Å². The molecule has 1 aliphatic heterocycles. The van der Waals surface area contributed by atoms with E-state index in [-0.39, 0.29) is 0 Å². The Morgan fingerprint density at radius 3 is 3.11 bits per heavy atom. The second kappa shape index (κ2) is 7.17. The molecule has 0 aliphatic carbocycles. The summed E-state index contributed by atoms with van der Waals surface area (Å²) >= 11 is 2.01. The lowest BCUT2D eigenvalue weighted by atomic mass is 10.1. The van der Waals surface area contributed by atoms with E-state index in [1.807, 2.05) is 11.8 Å². The Morgan fingerprint density at radius 1 is 1.39 bits per heavy atom. The third kappa shape index (κ3) is 4.01. The fourth-order valence-electron chi connectivity index (χ4n) is 2.35. The van der Waals surface area contributed by atoms with Crippen molar-refractivity contribution in [2.45, 2.75) is 31.2 Å². The highest BCUT2D eigenvalue weighted by molar-refractivity contribution is 7.99. The third-order valence-electron chi connectivity index (χ3n) is 3.35. The summed E-state index contributed by atoms with van der Waals surface area (Å²) in [5, 5.41) is 3.37. The number of fused-ring (bicyclic) bond motifs is 1. The molecule has 0 fully saturated rings. The van der Waals surface area contributed by atoms with Gasteiger partial charge in [0.05, 0.1) is 0 Å². The number of rotatable bonds is 6. The average Bonchev–Trinajstić information content (AvgIpc) is 2.39. The van der Waals surface area contributed by atoms with Gasteiger partial charge in [-0.15, -0.1) is 11.8 Å². The zero-order valence-corrected chi connectivity index (χ0v) is 12.4. The van der Waals surface area contributed by atoms with Gasteiger partial charge in [-0.2, -0.15) is 0 Å². The van der Waals surface area contributed by atoms with E-state index in [1.165, 1.54) is 29.1 Å². The standard InChI is InChI=1S/C15H24N2S/c1-3-16-8-9-17(2)12-13-6-7-15-14(11-13)5-4-10-18-15/h6-7,11,16H,3-5,8-10,12H2,1-2H3. The Balaban J connectivity index is 1.89. The molecule has 1 aromatic carbocycles. The molecular weight excluding hydrogens is 240 g/mol. The summed E-state index contributed by atoms with van der Waals surface area (Å²) < 4.78 is 0. The minimum Gasteiger partial charge on any atom is -0.316 e. The molecule has 1 heterocycles. The monoisotopic (exact) mass is 264 g/mol. The number of likely N-dealkylation sites (N-methyl/N-ethyl adjacent to an activating group) is 2. The molecule has 0 saturated heterocycles. The number of nitrogens with zero attached hydrogens (tertiary/aromatic N) is 1. The van der Waals surface area contributed by atoms with Gasteiger partial charge in [0.1, 0.15) is 0 Å². The molecule has 0 aromatic heterocycles. The van der Waals surface area contributed by atoms with Crippen molar-refractivity contribution < 1.29 is 0 Å². The Labute approximate surface area is 115 Å². The van der Waals surface area contributed by atoms with Gasteiger partial charge in [0.15, 0.2) is 0 Å². The maximum atomic E-state index is 3.37. The molecular formula is C15H24N2S. The zero-order valence-electron chi connectivity index (χ0n) is 11.5. The average molecular weight is 264 g/mol. The van der Waals surface area contributed by atoms with E-state index >= 15 is 0 Å². The fraction of sp³-hybridized carbons (Fsp3) is 0.600. The quantitative estimate of drug-likeness (QED) is 0.795. The van der Waals surface area contributed by atoms with Crippen LogP contribution in [0.15, 0.2) is 23.1 Å². The molecule has 0 atom stereocenters. The molecule has 1 N–H and O–H groups in total. The lowest BCUT2D eigenvalue weighted by Gasteiger charge is -2.20. The van der Waals surface area contributed by atoms with E-state index in [1.54, 1.807) is 5.56 Å². The van der Waals surface area contributed by atoms with Crippen LogP contribution in [0.5, 0.6) is 0 Å². The summed E-state index contributed by atoms with van der Waals surface area (Å²) in [6.07, 6.45) is 2.59. The number of thioether (sulfide) groups is 1. The SMILES string of the molecule is CCNCCN(C)Cc1ccc2c(c1)CCCS2. The predicted molar refractivity (Wildman–Crippen MR) is 80.4 cm³/mol. The van der Waals surface area contributed by atoms with Crippen LogP contribution < -0.4 is 5.32 Å². The number of nitrogens with one attached hydrogen (secondary N) is 1. The highest BCUT2D eigenvalue weighted by atomic mass is 32.2. The number of hydrogen-bond donors (Lipinski definition) is 1. The van der Waals surface area contributed by atoms with Crippen LogP contribution >= 0.6 is 11.8 Å². The van der Waals surface area contributed by atoms with E-state index < -0.39 is 0 Å². The van der Waals surface area contributed by atoms with Crippen LogP contribution in [-0.2, 0) is 13.0 Å². The van der Waals surface area contributed by atoms with Gasteiger partial charge in [-0.25, -0.2) is 0 Å². The van der Waals surface area contributed by atoms with Crippen molar-refractivity contribution in [3.63, 3.8) is 0 Å². The molecule has 0 radical (unpaired) electrons. The molecule has 0 bridgehead atoms. The topological polar surface area (TPSA) is 15.3 Å². The van der Waals surface area contributed by atoms with Crippen LogP contribution in [0.25, 0.3) is 0 Å². The Hall–Kier alpha value is -0.510. The lowest BCUT2D eigenvalue weighted by Crippen LogP contribution is -2.28. The van der Waals surface area contributed by atoms with Gasteiger partial charge < -0.3 is 10.2 Å². The highest BCUT2D eigenvalue weighted by Crippen LogP contribution is 2.30. The van der Waals surface area contributed by atoms with Crippen LogP contribution in [0, 0.1) is 0 Å². The summed E-state index contributed by atoms with van der Waals surface area (Å²) in [6, 6.07) is 7.01. The van der Waals surface area contributed by atoms with Crippen molar-refractivity contribution in [1.82, 2.24) is 10.2 Å². The van der Waals surface area contributed by atoms with Crippen molar-refractivity contribution in [3.8, 4) is 0 Å². The maximum Gasteiger partial charge on any atom is 0.0231 e. The van der Waals surface area contributed by atoms with E-state index in [0.717, 1.165) is 26.2 Å². The first-order valence-electron chi connectivity index (χ1n) is 6.93. The van der Waals surface area contributed by atoms with Crippen LogP contribution in [0.2, 0.25) is 0 Å². The molecule has 100 valence electrons. The van der Waals surface area contributed by atoms with E-state index in [0.29, 0.717) is 0 Å². The largest absolute Gasteiger partial charge is 0.316 e. The van der Waals surface area contributed by atoms with Crippen molar-refractivity contribution in [2.75, 3.05) is 32.4 Å². The van der Waals surface area contributed by atoms with Crippen LogP contribution in [0.4, 0.5) is 0 Å². The molecule has 0 amide bonds. The molecule has 3 heteroatoms. The molecule has 1 aliphatic rings. The van der Waals surface area contributed by atoms with Crippen molar-refractivity contribution in [1.29, 1.82) is 0 Å². The zero-order chi connectivity index (χ0) is 12.8. The van der Waals surface area contributed by atoms with Crippen molar-refractivity contribution >= 4 is 11.8 Å². The first-order chi connectivity index (χ1) is 8.79. The minimum atomic E-state index is 1.06. The summed E-state index contributed by atoms with van der Waals surface area (Å²) in [4.78, 5) is 3.89. The van der Waals surface area contributed by atoms with E-state index in [4.69, 9.17) is 0 Å². The van der Waals surface area contributed by atoms with Crippen LogP contribution in [-0.4, -0.2) is 37.3 Å². The van der Waals surface area contributed by atoms with Gasteiger partial charge in [0, 0.05) is 24.5 Å². The molecule has 0 spiro atoms. The molecule has 2 rings (SSSR count). The highest BCUT2D eigenvalue weighted by Gasteiger charge is 2.10. The third-order valence-corrected chi connectivity index (χ3v) is 4.55. The predicted octanol–water partition coefficient (Wildman–Crippen LogP) is 2.77. The second-order valence-electron chi connectivity index (χ2n) is 4.99. The number of hydrogen-bond acceptors (Lipinski definition) is 3. The summed E-state index contributed by atoms with van der Waals surface area (Å²) in [7, 11) is 2.20. The number of aryl methyl sites for hydroxylation is 1. The first kappa shape index (κ1) is 13.9. The van der Waals surface area contributed by atoms with E-state index in [9.17, 15) is 0 Å². The summed E-state index contributed by atoms with van der Waals surface area (Å²) in [5.74, 6) is 1.29. The molecule has 2 nitrogen and oxygen atoms in total. The Morgan fingerprint density at radius 2 is 2.28 bits per heavy atom. The summed E-state index contributed by atoms with van der Waals surface area (Å²) in [6.45, 7) is 6.46. The normalized spacial score (nSPS) is 14.8. The number of benzene rings is 1. The molecule has 18 heavy (non-hydrogen) atoms. The van der Waals surface area contributed by atoms with E-state index in [2.05, 4.69) is 42.4 Å². The minimum absolute atomic E-state index is 1.06. The van der Waals surface area contributed by atoms with Crippen LogP contribution in [0.3, 0.4) is 0 Å². The van der Waals surface area contributed by atoms with Crippen molar-refractivity contribution in [3.05, 3.63) is 29.3 Å². The van der Waals surface area contributed by atoms with Gasteiger partial charge in [0.2, 0.25) is 0 Å². The lowest BCUT2D eigenvalue weighted by molar-refractivity contribution is 0.325. The van der Waals surface area contributed by atoms with Crippen LogP contribution in [0.1, 0.15) is 24.5 Å². The molecule has 1 aromatic rings. The molecule has 0 unspecified atom stereocenters. The second-order valence-corrected chi connectivity index (χ2v) is 6.12. The van der Waals surface area contributed by atoms with Gasteiger partial charge >= 0.3 is 0 Å². The fourth-order valence-corrected chi connectivity index (χ4v) is 3.37. The van der Waals surface area contributed by atoms with Gasteiger partial charge in [-0.05, 0) is 49.4 Å². The van der Waals surface area contributed by atoms with Gasteiger partial charge in [-0.3, -0.25) is 0 Å².